The topological polar surface area (TPSA) is 32.3 Å². The smallest absolute Gasteiger partial charge is 0.120 e. The van der Waals surface area contributed by atoms with Gasteiger partial charge in [0.05, 0.1) is 0 Å². The van der Waals surface area contributed by atoms with Crippen molar-refractivity contribution >= 4 is 17.0 Å². The lowest BCUT2D eigenvalue weighted by molar-refractivity contribution is 0.468. The van der Waals surface area contributed by atoms with Gasteiger partial charge in [0.1, 0.15) is 5.75 Å². The minimum atomic E-state index is 0. The van der Waals surface area contributed by atoms with Gasteiger partial charge in [-0.15, -0.1) is 17.0 Å². The maximum atomic E-state index is 9.29. The molecule has 60 valence electrons. The van der Waals surface area contributed by atoms with E-state index in [1.165, 1.54) is 5.56 Å². The van der Waals surface area contributed by atoms with E-state index in [1.54, 1.807) is 6.07 Å². The van der Waals surface area contributed by atoms with Crippen LogP contribution >= 0.6 is 17.0 Å². The third-order valence-electron chi connectivity index (χ3n) is 1.87. The summed E-state index contributed by atoms with van der Waals surface area (Å²) >= 11 is 0. The monoisotopic (exact) mass is 215 g/mol. The van der Waals surface area contributed by atoms with Crippen LogP contribution in [0.3, 0.4) is 0 Å². The van der Waals surface area contributed by atoms with E-state index in [2.05, 4.69) is 5.32 Å². The summed E-state index contributed by atoms with van der Waals surface area (Å²) in [7, 11) is 0. The van der Waals surface area contributed by atoms with E-state index in [1.807, 2.05) is 12.1 Å². The summed E-state index contributed by atoms with van der Waals surface area (Å²) in [5, 5.41) is 12.5. The first kappa shape index (κ1) is 8.56. The highest BCUT2D eigenvalue weighted by atomic mass is 79.9. The van der Waals surface area contributed by atoms with Crippen LogP contribution in [0.15, 0.2) is 18.2 Å². The minimum Gasteiger partial charge on any atom is -0.508 e. The van der Waals surface area contributed by atoms with Gasteiger partial charge in [0, 0.05) is 18.7 Å². The maximum Gasteiger partial charge on any atom is 0.120 e. The fourth-order valence-corrected chi connectivity index (χ4v) is 1.31. The molecule has 0 atom stereocenters. The fourth-order valence-electron chi connectivity index (χ4n) is 1.31. The van der Waals surface area contributed by atoms with Gasteiger partial charge < -0.3 is 10.4 Å². The zero-order valence-electron chi connectivity index (χ0n) is 6.00. The van der Waals surface area contributed by atoms with Crippen molar-refractivity contribution in [1.29, 1.82) is 0 Å². The molecule has 0 unspecified atom stereocenters. The number of rotatable bonds is 0. The second-order valence-corrected chi connectivity index (χ2v) is 2.52. The molecule has 2 N–H and O–H groups in total. The van der Waals surface area contributed by atoms with Crippen LogP contribution in [0, 0.1) is 0 Å². The zero-order chi connectivity index (χ0) is 6.97. The van der Waals surface area contributed by atoms with Gasteiger partial charge in [-0.05, 0) is 11.6 Å². The summed E-state index contributed by atoms with van der Waals surface area (Å²) in [6.07, 6.45) is 0. The summed E-state index contributed by atoms with van der Waals surface area (Å²) in [6, 6.07) is 5.64. The fraction of sp³-hybridized carbons (Fsp3) is 0.250. The van der Waals surface area contributed by atoms with Crippen molar-refractivity contribution in [2.45, 2.75) is 13.1 Å². The molecular weight excluding hydrogens is 206 g/mol. The quantitative estimate of drug-likeness (QED) is 0.689. The molecule has 1 heterocycles. The Labute approximate surface area is 76.0 Å². The van der Waals surface area contributed by atoms with Gasteiger partial charge in [0.2, 0.25) is 0 Å². The highest BCUT2D eigenvalue weighted by Gasteiger charge is 2.11. The molecule has 0 aromatic heterocycles. The highest BCUT2D eigenvalue weighted by Crippen LogP contribution is 2.24. The van der Waals surface area contributed by atoms with Crippen molar-refractivity contribution in [3.63, 3.8) is 0 Å². The predicted octanol–water partition coefficient (Wildman–Crippen LogP) is 1.57. The van der Waals surface area contributed by atoms with Crippen LogP contribution in [0.25, 0.3) is 0 Å². The molecule has 0 fully saturated rings. The molecule has 11 heavy (non-hydrogen) atoms. The number of halogens is 1. The number of phenols is 1. The van der Waals surface area contributed by atoms with Crippen LogP contribution in [0.5, 0.6) is 5.75 Å². The number of fused-ring (bicyclic) bond motifs is 1. The van der Waals surface area contributed by atoms with Crippen LogP contribution in [0.1, 0.15) is 11.1 Å². The Balaban J connectivity index is 0.000000605. The molecule has 0 bridgehead atoms. The Kier molecular flexibility index (Phi) is 2.52. The Hall–Kier alpha value is -0.540. The van der Waals surface area contributed by atoms with Crippen LogP contribution in [0.2, 0.25) is 0 Å². The normalized spacial score (nSPS) is 13.8. The van der Waals surface area contributed by atoms with E-state index in [9.17, 15) is 5.11 Å². The summed E-state index contributed by atoms with van der Waals surface area (Å²) in [5.74, 6) is 0.419. The average Bonchev–Trinajstić information content (AvgIpc) is 2.36. The first-order chi connectivity index (χ1) is 4.88. The molecule has 0 aliphatic carbocycles. The van der Waals surface area contributed by atoms with Gasteiger partial charge in [0.25, 0.3) is 0 Å². The summed E-state index contributed by atoms with van der Waals surface area (Å²) in [4.78, 5) is 0. The van der Waals surface area contributed by atoms with Gasteiger partial charge in [-0.25, -0.2) is 0 Å². The van der Waals surface area contributed by atoms with Gasteiger partial charge >= 0.3 is 0 Å². The summed E-state index contributed by atoms with van der Waals surface area (Å²) < 4.78 is 0. The van der Waals surface area contributed by atoms with Gasteiger partial charge in [-0.3, -0.25) is 0 Å². The highest BCUT2D eigenvalue weighted by molar-refractivity contribution is 8.93. The van der Waals surface area contributed by atoms with Gasteiger partial charge in [-0.2, -0.15) is 0 Å². The third kappa shape index (κ3) is 1.39. The molecule has 1 aromatic rings. The molecule has 1 aliphatic heterocycles. The molecule has 0 saturated heterocycles. The molecule has 0 saturated carbocycles. The molecule has 0 spiro atoms. The SMILES string of the molecule is Br.Oc1cccc2c1CNC2. The predicted molar refractivity (Wildman–Crippen MR) is 49.0 cm³/mol. The first-order valence-electron chi connectivity index (χ1n) is 3.38. The Bertz CT molecular complexity index is 262. The van der Waals surface area contributed by atoms with E-state index in [0.29, 0.717) is 5.75 Å². The Morgan fingerprint density at radius 1 is 1.27 bits per heavy atom. The van der Waals surface area contributed by atoms with Crippen molar-refractivity contribution in [3.05, 3.63) is 29.3 Å². The van der Waals surface area contributed by atoms with Crippen molar-refractivity contribution in [1.82, 2.24) is 5.32 Å². The van der Waals surface area contributed by atoms with Crippen molar-refractivity contribution < 1.29 is 5.11 Å². The van der Waals surface area contributed by atoms with E-state index in [0.717, 1.165) is 18.7 Å². The third-order valence-corrected chi connectivity index (χ3v) is 1.87. The van der Waals surface area contributed by atoms with E-state index >= 15 is 0 Å². The molecule has 3 heteroatoms. The van der Waals surface area contributed by atoms with Crippen LogP contribution in [-0.2, 0) is 13.1 Å². The van der Waals surface area contributed by atoms with Crippen LogP contribution in [-0.4, -0.2) is 5.11 Å². The first-order valence-corrected chi connectivity index (χ1v) is 3.38. The van der Waals surface area contributed by atoms with Gasteiger partial charge in [-0.1, -0.05) is 12.1 Å². The number of phenolic OH excluding ortho intramolecular Hbond substituents is 1. The van der Waals surface area contributed by atoms with Crippen LogP contribution in [0.4, 0.5) is 0 Å². The lowest BCUT2D eigenvalue weighted by atomic mass is 10.1. The lowest BCUT2D eigenvalue weighted by Crippen LogP contribution is -1.99. The summed E-state index contributed by atoms with van der Waals surface area (Å²) in [5.41, 5.74) is 2.28. The molecule has 1 aliphatic rings. The standard InChI is InChI=1S/C8H9NO.BrH/c10-8-3-1-2-6-4-9-5-7(6)8;/h1-3,9-10H,4-5H2;1H. The van der Waals surface area contributed by atoms with E-state index < -0.39 is 0 Å². The average molecular weight is 216 g/mol. The van der Waals surface area contributed by atoms with Crippen LogP contribution < -0.4 is 5.32 Å². The van der Waals surface area contributed by atoms with Gasteiger partial charge in [0.15, 0.2) is 0 Å². The molecule has 1 aromatic carbocycles. The van der Waals surface area contributed by atoms with E-state index in [4.69, 9.17) is 0 Å². The Morgan fingerprint density at radius 2 is 2.09 bits per heavy atom. The Morgan fingerprint density at radius 3 is 2.82 bits per heavy atom. The molecule has 2 nitrogen and oxygen atoms in total. The van der Waals surface area contributed by atoms with Crippen molar-refractivity contribution in [3.8, 4) is 5.75 Å². The molecule has 0 radical (unpaired) electrons. The molecule has 2 rings (SSSR count). The lowest BCUT2D eigenvalue weighted by Gasteiger charge is -1.98. The number of hydrogen-bond acceptors (Lipinski definition) is 2. The number of benzene rings is 1. The largest absolute Gasteiger partial charge is 0.508 e. The minimum absolute atomic E-state index is 0. The second-order valence-electron chi connectivity index (χ2n) is 2.52. The zero-order valence-corrected chi connectivity index (χ0v) is 7.71. The second kappa shape index (κ2) is 3.24. The number of nitrogens with one attached hydrogen (secondary N) is 1. The number of hydrogen-bond donors (Lipinski definition) is 2. The number of aromatic hydroxyl groups is 1. The van der Waals surface area contributed by atoms with Crippen molar-refractivity contribution in [2.75, 3.05) is 0 Å². The summed E-state index contributed by atoms with van der Waals surface area (Å²) in [6.45, 7) is 1.70. The molecule has 0 amide bonds. The van der Waals surface area contributed by atoms with E-state index in [-0.39, 0.29) is 17.0 Å². The van der Waals surface area contributed by atoms with Crippen molar-refractivity contribution in [2.24, 2.45) is 0 Å². The maximum absolute atomic E-state index is 9.29. The molecular formula is C8H10BrNO.